The summed E-state index contributed by atoms with van der Waals surface area (Å²) in [5.74, 6) is -0.665. The molecular formula is C8H6FN3O. The molecule has 0 aliphatic carbocycles. The zero-order chi connectivity index (χ0) is 9.42. The number of halogens is 1. The van der Waals surface area contributed by atoms with Gasteiger partial charge >= 0.3 is 0 Å². The van der Waals surface area contributed by atoms with Crippen molar-refractivity contribution in [3.63, 3.8) is 0 Å². The molecule has 0 atom stereocenters. The monoisotopic (exact) mass is 179 g/mol. The average Bonchev–Trinajstić information content (AvgIpc) is 2.12. The average molecular weight is 179 g/mol. The maximum atomic E-state index is 13.1. The van der Waals surface area contributed by atoms with Crippen molar-refractivity contribution >= 4 is 11.3 Å². The number of hydrogen-bond donors (Lipinski definition) is 1. The van der Waals surface area contributed by atoms with Crippen LogP contribution in [0.15, 0.2) is 29.2 Å². The first kappa shape index (κ1) is 7.72. The number of aromatic nitrogens is 2. The maximum Gasteiger partial charge on any atom is 0.283 e. The fourth-order valence-corrected chi connectivity index (χ4v) is 1.09. The standard InChI is InChI=1S/C8H6FN3O/c9-6-2-1-3-7-11-4-5(10)8(13)12(6)7/h1-4H,10H2. The van der Waals surface area contributed by atoms with Crippen LogP contribution in [0.5, 0.6) is 0 Å². The van der Waals surface area contributed by atoms with E-state index in [4.69, 9.17) is 5.73 Å². The van der Waals surface area contributed by atoms with Crippen molar-refractivity contribution in [1.29, 1.82) is 0 Å². The van der Waals surface area contributed by atoms with Crippen LogP contribution in [0.25, 0.3) is 5.65 Å². The van der Waals surface area contributed by atoms with Gasteiger partial charge in [0, 0.05) is 0 Å². The molecule has 2 heterocycles. The van der Waals surface area contributed by atoms with Crippen molar-refractivity contribution in [3.05, 3.63) is 40.7 Å². The Morgan fingerprint density at radius 2 is 2.23 bits per heavy atom. The first-order valence-corrected chi connectivity index (χ1v) is 3.62. The molecule has 0 aliphatic heterocycles. The molecule has 0 unspecified atom stereocenters. The van der Waals surface area contributed by atoms with Crippen LogP contribution >= 0.6 is 0 Å². The lowest BCUT2D eigenvalue weighted by Gasteiger charge is -2.00. The molecular weight excluding hydrogens is 173 g/mol. The second-order valence-corrected chi connectivity index (χ2v) is 2.56. The molecule has 0 spiro atoms. The number of nitrogens with zero attached hydrogens (tertiary/aromatic N) is 2. The van der Waals surface area contributed by atoms with E-state index in [9.17, 15) is 9.18 Å². The van der Waals surface area contributed by atoms with Gasteiger partial charge in [-0.3, -0.25) is 4.79 Å². The number of rotatable bonds is 0. The second-order valence-electron chi connectivity index (χ2n) is 2.56. The fraction of sp³-hybridized carbons (Fsp3) is 0. The van der Waals surface area contributed by atoms with Gasteiger partial charge in [0.2, 0.25) is 5.95 Å². The van der Waals surface area contributed by atoms with Crippen LogP contribution in [0.1, 0.15) is 0 Å². The van der Waals surface area contributed by atoms with Crippen LogP contribution in [-0.4, -0.2) is 9.38 Å². The van der Waals surface area contributed by atoms with E-state index in [2.05, 4.69) is 4.98 Å². The van der Waals surface area contributed by atoms with Gasteiger partial charge in [0.25, 0.3) is 5.56 Å². The van der Waals surface area contributed by atoms with Crippen molar-refractivity contribution in [2.45, 2.75) is 0 Å². The first-order chi connectivity index (χ1) is 6.20. The molecule has 0 aromatic carbocycles. The van der Waals surface area contributed by atoms with E-state index >= 15 is 0 Å². The second kappa shape index (κ2) is 2.55. The molecule has 13 heavy (non-hydrogen) atoms. The van der Waals surface area contributed by atoms with Crippen molar-refractivity contribution in [2.75, 3.05) is 5.73 Å². The quantitative estimate of drug-likeness (QED) is 0.596. The minimum atomic E-state index is -0.665. The third-order valence-corrected chi connectivity index (χ3v) is 1.71. The summed E-state index contributed by atoms with van der Waals surface area (Å²) in [6.45, 7) is 0. The largest absolute Gasteiger partial charge is 0.393 e. The minimum Gasteiger partial charge on any atom is -0.393 e. The highest BCUT2D eigenvalue weighted by molar-refractivity contribution is 5.43. The van der Waals surface area contributed by atoms with E-state index in [1.54, 1.807) is 0 Å². The lowest BCUT2D eigenvalue weighted by Crippen LogP contribution is -2.20. The van der Waals surface area contributed by atoms with E-state index in [-0.39, 0.29) is 11.3 Å². The molecule has 2 rings (SSSR count). The number of nitrogen functional groups attached to an aromatic ring is 1. The van der Waals surface area contributed by atoms with Crippen LogP contribution in [-0.2, 0) is 0 Å². The first-order valence-electron chi connectivity index (χ1n) is 3.62. The number of anilines is 1. The van der Waals surface area contributed by atoms with Gasteiger partial charge in [-0.2, -0.15) is 4.39 Å². The van der Waals surface area contributed by atoms with Gasteiger partial charge in [0.05, 0.1) is 6.20 Å². The van der Waals surface area contributed by atoms with Crippen LogP contribution in [0.4, 0.5) is 10.1 Å². The Morgan fingerprint density at radius 3 is 3.00 bits per heavy atom. The lowest BCUT2D eigenvalue weighted by molar-refractivity contribution is 0.560. The van der Waals surface area contributed by atoms with Gasteiger partial charge in [-0.25, -0.2) is 9.38 Å². The molecule has 66 valence electrons. The molecule has 2 aromatic heterocycles. The van der Waals surface area contributed by atoms with Gasteiger partial charge < -0.3 is 5.73 Å². The molecule has 4 nitrogen and oxygen atoms in total. The Bertz CT molecular complexity index is 520. The Morgan fingerprint density at radius 1 is 1.46 bits per heavy atom. The summed E-state index contributed by atoms with van der Waals surface area (Å²) in [6.07, 6.45) is 1.22. The molecule has 2 N–H and O–H groups in total. The van der Waals surface area contributed by atoms with Gasteiger partial charge in [-0.1, -0.05) is 6.07 Å². The fourth-order valence-electron chi connectivity index (χ4n) is 1.09. The third kappa shape index (κ3) is 1.05. The van der Waals surface area contributed by atoms with Crippen molar-refractivity contribution in [3.8, 4) is 0 Å². The van der Waals surface area contributed by atoms with E-state index < -0.39 is 11.5 Å². The maximum absolute atomic E-state index is 13.1. The Labute approximate surface area is 72.4 Å². The van der Waals surface area contributed by atoms with Gasteiger partial charge in [-0.05, 0) is 12.1 Å². The normalized spacial score (nSPS) is 10.5. The number of pyridine rings is 1. The summed E-state index contributed by atoms with van der Waals surface area (Å²) in [4.78, 5) is 15.1. The van der Waals surface area contributed by atoms with Crippen LogP contribution in [0, 0.1) is 5.95 Å². The predicted molar refractivity (Wildman–Crippen MR) is 45.8 cm³/mol. The zero-order valence-corrected chi connectivity index (χ0v) is 6.57. The molecule has 0 aliphatic rings. The number of nitrogens with two attached hydrogens (primary N) is 1. The van der Waals surface area contributed by atoms with Crippen molar-refractivity contribution in [2.24, 2.45) is 0 Å². The van der Waals surface area contributed by atoms with Gasteiger partial charge in [0.1, 0.15) is 11.3 Å². The molecule has 0 fully saturated rings. The Hall–Kier alpha value is -1.91. The third-order valence-electron chi connectivity index (χ3n) is 1.71. The van der Waals surface area contributed by atoms with E-state index in [0.717, 1.165) is 4.40 Å². The van der Waals surface area contributed by atoms with Crippen LogP contribution in [0.2, 0.25) is 0 Å². The van der Waals surface area contributed by atoms with Crippen molar-refractivity contribution in [1.82, 2.24) is 9.38 Å². The molecule has 0 bridgehead atoms. The molecule has 5 heteroatoms. The molecule has 2 aromatic rings. The highest BCUT2D eigenvalue weighted by Gasteiger charge is 2.04. The summed E-state index contributed by atoms with van der Waals surface area (Å²) in [6, 6.07) is 4.19. The van der Waals surface area contributed by atoms with Crippen molar-refractivity contribution < 1.29 is 4.39 Å². The molecule has 0 amide bonds. The number of fused-ring (bicyclic) bond motifs is 1. The smallest absolute Gasteiger partial charge is 0.283 e. The molecule has 0 saturated carbocycles. The summed E-state index contributed by atoms with van der Waals surface area (Å²) in [7, 11) is 0. The predicted octanol–water partition coefficient (Wildman–Crippen LogP) is 0.416. The molecule has 0 saturated heterocycles. The Balaban J connectivity index is 3.06. The van der Waals surface area contributed by atoms with Crippen LogP contribution < -0.4 is 11.3 Å². The topological polar surface area (TPSA) is 60.4 Å². The summed E-state index contributed by atoms with van der Waals surface area (Å²) < 4.78 is 13.9. The Kier molecular flexibility index (Phi) is 1.51. The lowest BCUT2D eigenvalue weighted by atomic mass is 10.4. The molecule has 0 radical (unpaired) electrons. The van der Waals surface area contributed by atoms with E-state index in [1.165, 1.54) is 24.4 Å². The summed E-state index contributed by atoms with van der Waals surface area (Å²) in [5.41, 5.74) is 4.89. The summed E-state index contributed by atoms with van der Waals surface area (Å²) >= 11 is 0. The van der Waals surface area contributed by atoms with Gasteiger partial charge in [-0.15, -0.1) is 0 Å². The van der Waals surface area contributed by atoms with E-state index in [0.29, 0.717) is 0 Å². The minimum absolute atomic E-state index is 0.0670. The summed E-state index contributed by atoms with van der Waals surface area (Å²) in [5, 5.41) is 0. The SMILES string of the molecule is Nc1cnc2cccc(F)n2c1=O. The highest BCUT2D eigenvalue weighted by Crippen LogP contribution is 2.01. The van der Waals surface area contributed by atoms with Crippen LogP contribution in [0.3, 0.4) is 0 Å². The number of hydrogen-bond acceptors (Lipinski definition) is 3. The highest BCUT2D eigenvalue weighted by atomic mass is 19.1. The zero-order valence-electron chi connectivity index (χ0n) is 6.57. The van der Waals surface area contributed by atoms with E-state index in [1.807, 2.05) is 0 Å². The van der Waals surface area contributed by atoms with Gasteiger partial charge in [0.15, 0.2) is 0 Å².